The van der Waals surface area contributed by atoms with E-state index in [0.717, 1.165) is 11.9 Å². The lowest BCUT2D eigenvalue weighted by Gasteiger charge is -2.11. The van der Waals surface area contributed by atoms with E-state index in [0.29, 0.717) is 0 Å². The zero-order valence-electron chi connectivity index (χ0n) is 21.2. The van der Waals surface area contributed by atoms with Gasteiger partial charge in [-0.05, 0) is 48.3 Å². The van der Waals surface area contributed by atoms with Crippen LogP contribution in [0.4, 0.5) is 24.5 Å². The van der Waals surface area contributed by atoms with Crippen LogP contribution in [0.3, 0.4) is 0 Å². The van der Waals surface area contributed by atoms with Gasteiger partial charge in [0, 0.05) is 75.9 Å². The number of nitrogens with zero attached hydrogens (tertiary/aromatic N) is 6. The maximum absolute atomic E-state index is 11.9. The molecule has 4 heterocycles. The summed E-state index contributed by atoms with van der Waals surface area (Å²) < 4.78 is 37.8. The first-order valence-electron chi connectivity index (χ1n) is 10.9. The fourth-order valence-electron chi connectivity index (χ4n) is 2.85. The van der Waals surface area contributed by atoms with E-state index in [1.54, 1.807) is 12.4 Å². The van der Waals surface area contributed by atoms with Crippen molar-refractivity contribution in [2.45, 2.75) is 13.1 Å². The lowest BCUT2D eigenvalue weighted by molar-refractivity contribution is -0.600. The zero-order valence-corrected chi connectivity index (χ0v) is 22.7. The minimum absolute atomic E-state index is 0. The number of pyridine rings is 4. The third-order valence-corrected chi connectivity index (χ3v) is 5.10. The molecular formula is C26H29Cl2F3N6. The van der Waals surface area contributed by atoms with Crippen LogP contribution in [0.15, 0.2) is 85.7 Å². The molecule has 0 unspecified atom stereocenters. The van der Waals surface area contributed by atoms with Crippen molar-refractivity contribution in [2.75, 3.05) is 38.0 Å². The Bertz CT molecular complexity index is 1200. The van der Waals surface area contributed by atoms with Crippen LogP contribution < -0.4 is 26.8 Å². The van der Waals surface area contributed by atoms with Crippen molar-refractivity contribution in [2.24, 2.45) is 0 Å². The Morgan fingerprint density at radius 3 is 1.70 bits per heavy atom. The molecule has 4 rings (SSSR count). The van der Waals surface area contributed by atoms with E-state index in [-0.39, 0.29) is 12.4 Å². The van der Waals surface area contributed by atoms with Crippen molar-refractivity contribution in [1.29, 1.82) is 0 Å². The van der Waals surface area contributed by atoms with Crippen LogP contribution in [-0.4, -0.2) is 43.1 Å². The maximum Gasteiger partial charge on any atom is 0.419 e. The van der Waals surface area contributed by atoms with Gasteiger partial charge in [-0.25, -0.2) is 9.55 Å². The molecular weight excluding hydrogens is 524 g/mol. The fourth-order valence-corrected chi connectivity index (χ4v) is 3.07. The van der Waals surface area contributed by atoms with E-state index in [2.05, 4.69) is 45.0 Å². The summed E-state index contributed by atoms with van der Waals surface area (Å²) in [5, 5.41) is -0.514. The first-order valence-corrected chi connectivity index (χ1v) is 11.2. The monoisotopic (exact) mass is 552 g/mol. The molecule has 11 heteroatoms. The third-order valence-electron chi connectivity index (χ3n) is 4.80. The summed E-state index contributed by atoms with van der Waals surface area (Å²) in [6.45, 7) is 2.06. The lowest BCUT2D eigenvalue weighted by Crippen LogP contribution is -3.00. The number of aromatic nitrogens is 4. The molecule has 0 aliphatic rings. The fraction of sp³-hybridized carbons (Fsp3) is 0.231. The second kappa shape index (κ2) is 15.0. The number of hydrogen-bond acceptors (Lipinski definition) is 5. The predicted octanol–water partition coefficient (Wildman–Crippen LogP) is 2.64. The van der Waals surface area contributed by atoms with Gasteiger partial charge in [0.05, 0.1) is 18.0 Å². The van der Waals surface area contributed by atoms with Crippen LogP contribution in [0.25, 0.3) is 5.82 Å². The Labute approximate surface area is 226 Å². The molecule has 0 atom stereocenters. The summed E-state index contributed by atoms with van der Waals surface area (Å²) >= 11 is 5.18. The van der Waals surface area contributed by atoms with Gasteiger partial charge in [-0.3, -0.25) is 4.98 Å². The number of alkyl halides is 3. The molecule has 0 radical (unpaired) electrons. The molecule has 198 valence electrons. The first kappa shape index (κ1) is 31.6. The quantitative estimate of drug-likeness (QED) is 0.289. The van der Waals surface area contributed by atoms with E-state index in [1.807, 2.05) is 74.4 Å². The molecule has 6 nitrogen and oxygen atoms in total. The van der Waals surface area contributed by atoms with Gasteiger partial charge in [0.1, 0.15) is 11.3 Å². The summed E-state index contributed by atoms with van der Waals surface area (Å²) in [7, 11) is 8.09. The van der Waals surface area contributed by atoms with Crippen LogP contribution in [0.2, 0.25) is 5.15 Å². The van der Waals surface area contributed by atoms with Crippen molar-refractivity contribution in [3.63, 3.8) is 0 Å². The molecule has 0 aliphatic heterocycles. The van der Waals surface area contributed by atoms with Crippen molar-refractivity contribution < 1.29 is 30.1 Å². The Balaban J connectivity index is 0.000000287. The predicted molar refractivity (Wildman–Crippen MR) is 138 cm³/mol. The highest BCUT2D eigenvalue weighted by molar-refractivity contribution is 6.30. The van der Waals surface area contributed by atoms with E-state index in [4.69, 9.17) is 11.6 Å². The average molecular weight is 553 g/mol. The SMILES string of the molecule is CN(C)c1ccncc1.Cc1cccnc1-[n+]1ccc(N(C)C)cc1.FC(F)(F)c1cccnc1Cl.[Cl-]. The maximum atomic E-state index is 11.9. The van der Waals surface area contributed by atoms with E-state index >= 15 is 0 Å². The van der Waals surface area contributed by atoms with Crippen LogP contribution in [0, 0.1) is 6.92 Å². The Kier molecular flexibility index (Phi) is 12.8. The second-order valence-corrected chi connectivity index (χ2v) is 8.30. The minimum Gasteiger partial charge on any atom is -1.00 e. The molecule has 0 amide bonds. The average Bonchev–Trinajstić information content (AvgIpc) is 2.85. The van der Waals surface area contributed by atoms with Crippen LogP contribution in [-0.2, 0) is 6.18 Å². The van der Waals surface area contributed by atoms with Crippen LogP contribution in [0.5, 0.6) is 0 Å². The van der Waals surface area contributed by atoms with Gasteiger partial charge >= 0.3 is 12.0 Å². The molecule has 0 aliphatic carbocycles. The highest BCUT2D eigenvalue weighted by atomic mass is 35.5. The molecule has 0 N–H and O–H groups in total. The molecule has 0 fully saturated rings. The van der Waals surface area contributed by atoms with Crippen molar-refractivity contribution in [3.8, 4) is 5.82 Å². The molecule has 37 heavy (non-hydrogen) atoms. The molecule has 4 aromatic rings. The van der Waals surface area contributed by atoms with Gasteiger partial charge in [-0.2, -0.15) is 13.2 Å². The summed E-state index contributed by atoms with van der Waals surface area (Å²) in [4.78, 5) is 15.7. The summed E-state index contributed by atoms with van der Waals surface area (Å²) in [5.74, 6) is 0.979. The molecule has 4 aromatic heterocycles. The first-order chi connectivity index (χ1) is 17.0. The summed E-state index contributed by atoms with van der Waals surface area (Å²) in [6.07, 6.45) is 6.25. The number of halogens is 5. The highest BCUT2D eigenvalue weighted by Gasteiger charge is 2.33. The van der Waals surface area contributed by atoms with E-state index in [9.17, 15) is 13.2 Å². The Morgan fingerprint density at radius 1 is 0.757 bits per heavy atom. The molecule has 0 bridgehead atoms. The largest absolute Gasteiger partial charge is 1.00 e. The highest BCUT2D eigenvalue weighted by Crippen LogP contribution is 2.32. The van der Waals surface area contributed by atoms with Gasteiger partial charge in [0.2, 0.25) is 0 Å². The zero-order chi connectivity index (χ0) is 26.7. The molecule has 0 aromatic carbocycles. The van der Waals surface area contributed by atoms with Gasteiger partial charge in [0.25, 0.3) is 0 Å². The number of aryl methyl sites for hydroxylation is 1. The Morgan fingerprint density at radius 2 is 1.27 bits per heavy atom. The smallest absolute Gasteiger partial charge is 0.419 e. The number of hydrogen-bond donors (Lipinski definition) is 0. The number of rotatable bonds is 3. The van der Waals surface area contributed by atoms with Crippen LogP contribution in [0.1, 0.15) is 11.1 Å². The topological polar surface area (TPSA) is 49.0 Å². The summed E-state index contributed by atoms with van der Waals surface area (Å²) in [6, 6.07) is 14.2. The summed E-state index contributed by atoms with van der Waals surface area (Å²) in [5.41, 5.74) is 2.64. The van der Waals surface area contributed by atoms with Gasteiger partial charge in [0.15, 0.2) is 0 Å². The van der Waals surface area contributed by atoms with E-state index < -0.39 is 16.9 Å². The minimum atomic E-state index is -4.41. The molecule has 0 saturated carbocycles. The molecule has 0 spiro atoms. The standard InChI is InChI=1S/C13H16N3.C7H10N2.C6H3ClF3N.ClH/c1-11-5-4-8-14-13(11)16-9-6-12(7-10-16)15(2)3;1-9(2)7-3-5-8-6-4-7;7-5-4(6(8,9)10)2-1-3-11-5;/h4-10H,1-3H3;3-6H,1-2H3;1-3H;1H/q+1;;;/p-1. The normalized spacial score (nSPS) is 10.1. The van der Waals surface area contributed by atoms with Crippen molar-refractivity contribution in [1.82, 2.24) is 15.0 Å². The van der Waals surface area contributed by atoms with E-state index in [1.165, 1.54) is 29.2 Å². The Hall–Kier alpha value is -3.43. The third kappa shape index (κ3) is 10.2. The van der Waals surface area contributed by atoms with Gasteiger partial charge in [-0.1, -0.05) is 11.6 Å². The second-order valence-electron chi connectivity index (χ2n) is 7.94. The molecule has 0 saturated heterocycles. The van der Waals surface area contributed by atoms with Crippen LogP contribution >= 0.6 is 11.6 Å². The van der Waals surface area contributed by atoms with Gasteiger partial charge < -0.3 is 22.2 Å². The van der Waals surface area contributed by atoms with Crippen molar-refractivity contribution >= 4 is 23.0 Å². The van der Waals surface area contributed by atoms with Crippen molar-refractivity contribution in [3.05, 3.63) is 102 Å². The van der Waals surface area contributed by atoms with Gasteiger partial charge in [-0.15, -0.1) is 0 Å². The number of anilines is 2. The lowest BCUT2D eigenvalue weighted by atomic mass is 10.3.